The second-order valence-corrected chi connectivity index (χ2v) is 11.7. The van der Waals surface area contributed by atoms with Gasteiger partial charge in [-0.25, -0.2) is 0 Å². The van der Waals surface area contributed by atoms with Crippen LogP contribution in [-0.4, -0.2) is 23.5 Å². The molecular weight excluding hydrogens is 544 g/mol. The Morgan fingerprint density at radius 1 is 0.467 bits per heavy atom. The van der Waals surface area contributed by atoms with Crippen molar-refractivity contribution in [3.05, 3.63) is 170 Å². The van der Waals surface area contributed by atoms with E-state index in [1.807, 2.05) is 12.4 Å². The average Bonchev–Trinajstić information content (AvgIpc) is 3.11. The van der Waals surface area contributed by atoms with Crippen molar-refractivity contribution in [1.29, 1.82) is 0 Å². The standard InChI is InChI=1S/C43H32N2/c1-45-25-21-32(22-26-45)34-12-8-13-36(28-34)42-38-15-5-6-16-39(38)43(37-14-7-11-33(27-37)31-19-23-44-24-20-31)41-29-35(17-18-40(41)42)30-9-3-2-4-10-30/h2-25,27-29H,26H2,1H3. The van der Waals surface area contributed by atoms with Crippen LogP contribution in [0.2, 0.25) is 0 Å². The number of fused-ring (bicyclic) bond motifs is 2. The summed E-state index contributed by atoms with van der Waals surface area (Å²) in [4.78, 5) is 6.44. The van der Waals surface area contributed by atoms with E-state index in [4.69, 9.17) is 0 Å². The van der Waals surface area contributed by atoms with Crippen LogP contribution in [0.1, 0.15) is 5.56 Å². The highest BCUT2D eigenvalue weighted by molar-refractivity contribution is 6.22. The van der Waals surface area contributed by atoms with Crippen molar-refractivity contribution in [3.8, 4) is 44.5 Å². The number of benzene rings is 6. The second kappa shape index (κ2) is 11.4. The zero-order valence-electron chi connectivity index (χ0n) is 25.2. The minimum absolute atomic E-state index is 0.914. The van der Waals surface area contributed by atoms with E-state index in [9.17, 15) is 0 Å². The summed E-state index contributed by atoms with van der Waals surface area (Å²) >= 11 is 0. The molecule has 0 unspecified atom stereocenters. The zero-order chi connectivity index (χ0) is 30.2. The van der Waals surface area contributed by atoms with Crippen molar-refractivity contribution in [2.24, 2.45) is 0 Å². The second-order valence-electron chi connectivity index (χ2n) is 11.7. The lowest BCUT2D eigenvalue weighted by Crippen LogP contribution is -2.13. The Morgan fingerprint density at radius 2 is 1.02 bits per heavy atom. The number of hydrogen-bond donors (Lipinski definition) is 0. The average molecular weight is 577 g/mol. The summed E-state index contributed by atoms with van der Waals surface area (Å²) in [5, 5.41) is 5.01. The molecule has 1 aliphatic rings. The van der Waals surface area contributed by atoms with Gasteiger partial charge in [-0.05, 0) is 120 Å². The number of hydrogen-bond acceptors (Lipinski definition) is 2. The summed E-state index contributed by atoms with van der Waals surface area (Å²) in [6.07, 6.45) is 10.4. The molecule has 1 aromatic heterocycles. The van der Waals surface area contributed by atoms with E-state index in [1.165, 1.54) is 71.6 Å². The van der Waals surface area contributed by atoms with E-state index in [2.05, 4.69) is 169 Å². The summed E-state index contributed by atoms with van der Waals surface area (Å²) in [5.41, 5.74) is 12.2. The molecule has 2 heteroatoms. The van der Waals surface area contributed by atoms with Gasteiger partial charge in [0.25, 0.3) is 0 Å². The van der Waals surface area contributed by atoms with Crippen LogP contribution >= 0.6 is 0 Å². The van der Waals surface area contributed by atoms with E-state index in [1.54, 1.807) is 0 Å². The van der Waals surface area contributed by atoms with Gasteiger partial charge in [0.05, 0.1) is 0 Å². The van der Waals surface area contributed by atoms with Crippen LogP contribution in [0.5, 0.6) is 0 Å². The van der Waals surface area contributed by atoms with Crippen LogP contribution in [0, 0.1) is 0 Å². The van der Waals surface area contributed by atoms with Crippen molar-refractivity contribution < 1.29 is 0 Å². The maximum absolute atomic E-state index is 4.24. The molecule has 0 N–H and O–H groups in total. The highest BCUT2D eigenvalue weighted by atomic mass is 15.1. The Morgan fingerprint density at radius 3 is 1.73 bits per heavy atom. The molecule has 0 bridgehead atoms. The third-order valence-electron chi connectivity index (χ3n) is 8.89. The van der Waals surface area contributed by atoms with Crippen LogP contribution < -0.4 is 0 Å². The van der Waals surface area contributed by atoms with Crippen molar-refractivity contribution in [3.63, 3.8) is 0 Å². The molecule has 45 heavy (non-hydrogen) atoms. The molecule has 0 saturated heterocycles. The molecule has 0 saturated carbocycles. The summed E-state index contributed by atoms with van der Waals surface area (Å²) in [6, 6.07) is 48.7. The maximum atomic E-state index is 4.24. The Kier molecular flexibility index (Phi) is 6.81. The first-order chi connectivity index (χ1) is 22.2. The fourth-order valence-corrected chi connectivity index (χ4v) is 6.66. The van der Waals surface area contributed by atoms with Gasteiger partial charge >= 0.3 is 0 Å². The lowest BCUT2D eigenvalue weighted by Gasteiger charge is -2.20. The van der Waals surface area contributed by atoms with Gasteiger partial charge in [0.1, 0.15) is 0 Å². The van der Waals surface area contributed by atoms with Crippen molar-refractivity contribution >= 4 is 27.1 Å². The Labute approximate surface area is 264 Å². The van der Waals surface area contributed by atoms with Gasteiger partial charge < -0.3 is 4.90 Å². The monoisotopic (exact) mass is 576 g/mol. The summed E-state index contributed by atoms with van der Waals surface area (Å²) in [6.45, 7) is 0.914. The SMILES string of the molecule is CN1C=CC(c2cccc(-c3c4ccccc4c(-c4cccc(-c5ccncc5)c4)c4cc(-c5ccccc5)ccc34)c2)=CC1. The molecule has 8 rings (SSSR count). The molecule has 214 valence electrons. The van der Waals surface area contributed by atoms with E-state index < -0.39 is 0 Å². The number of rotatable bonds is 5. The Balaban J connectivity index is 1.42. The molecular formula is C43H32N2. The molecule has 0 fully saturated rings. The van der Waals surface area contributed by atoms with E-state index in [0.717, 1.165) is 12.1 Å². The Hall–Kier alpha value is -5.73. The molecule has 7 aromatic rings. The predicted octanol–water partition coefficient (Wildman–Crippen LogP) is 10.9. The van der Waals surface area contributed by atoms with Gasteiger partial charge in [-0.1, -0.05) is 109 Å². The highest BCUT2D eigenvalue weighted by Gasteiger charge is 2.18. The van der Waals surface area contributed by atoms with Crippen LogP contribution in [0.15, 0.2) is 164 Å². The van der Waals surface area contributed by atoms with E-state index >= 15 is 0 Å². The Bertz CT molecular complexity index is 2240. The molecule has 0 amide bonds. The van der Waals surface area contributed by atoms with Crippen molar-refractivity contribution in [2.75, 3.05) is 13.6 Å². The maximum Gasteiger partial charge on any atom is 0.0359 e. The first-order valence-corrected chi connectivity index (χ1v) is 15.5. The fraction of sp³-hybridized carbons (Fsp3) is 0.0465. The summed E-state index contributed by atoms with van der Waals surface area (Å²) < 4.78 is 0. The molecule has 0 atom stereocenters. The van der Waals surface area contributed by atoms with Crippen LogP contribution in [0.25, 0.3) is 71.6 Å². The van der Waals surface area contributed by atoms with Gasteiger partial charge in [-0.15, -0.1) is 0 Å². The van der Waals surface area contributed by atoms with Crippen molar-refractivity contribution in [2.45, 2.75) is 0 Å². The van der Waals surface area contributed by atoms with Crippen LogP contribution in [0.4, 0.5) is 0 Å². The van der Waals surface area contributed by atoms with E-state index in [-0.39, 0.29) is 0 Å². The predicted molar refractivity (Wildman–Crippen MR) is 191 cm³/mol. The summed E-state index contributed by atoms with van der Waals surface area (Å²) in [7, 11) is 2.11. The van der Waals surface area contributed by atoms with Gasteiger partial charge in [-0.2, -0.15) is 0 Å². The fourth-order valence-electron chi connectivity index (χ4n) is 6.66. The quantitative estimate of drug-likeness (QED) is 0.190. The number of likely N-dealkylation sites (N-methyl/N-ethyl adjacent to an activating group) is 1. The van der Waals surface area contributed by atoms with Gasteiger partial charge in [0, 0.05) is 26.0 Å². The first-order valence-electron chi connectivity index (χ1n) is 15.5. The lowest BCUT2D eigenvalue weighted by molar-refractivity contribution is 0.506. The third-order valence-corrected chi connectivity index (χ3v) is 8.89. The van der Waals surface area contributed by atoms with Gasteiger partial charge in [-0.3, -0.25) is 4.98 Å². The normalized spacial score (nSPS) is 12.9. The van der Waals surface area contributed by atoms with Crippen LogP contribution in [-0.2, 0) is 0 Å². The number of pyridine rings is 1. The third kappa shape index (κ3) is 5.01. The zero-order valence-corrected chi connectivity index (χ0v) is 25.2. The molecule has 2 heterocycles. The number of allylic oxidation sites excluding steroid dienone is 2. The lowest BCUT2D eigenvalue weighted by atomic mass is 9.84. The van der Waals surface area contributed by atoms with Gasteiger partial charge in [0.2, 0.25) is 0 Å². The largest absolute Gasteiger partial charge is 0.377 e. The van der Waals surface area contributed by atoms with Crippen molar-refractivity contribution in [1.82, 2.24) is 9.88 Å². The smallest absolute Gasteiger partial charge is 0.0359 e. The topological polar surface area (TPSA) is 16.1 Å². The molecule has 6 aromatic carbocycles. The molecule has 1 aliphatic heterocycles. The number of aromatic nitrogens is 1. The molecule has 0 radical (unpaired) electrons. The first kappa shape index (κ1) is 26.9. The minimum atomic E-state index is 0.914. The summed E-state index contributed by atoms with van der Waals surface area (Å²) in [5.74, 6) is 0. The van der Waals surface area contributed by atoms with Crippen LogP contribution in [0.3, 0.4) is 0 Å². The molecule has 0 spiro atoms. The molecule has 2 nitrogen and oxygen atoms in total. The van der Waals surface area contributed by atoms with Gasteiger partial charge in [0.15, 0.2) is 0 Å². The minimum Gasteiger partial charge on any atom is -0.377 e. The van der Waals surface area contributed by atoms with E-state index in [0.29, 0.717) is 0 Å². The highest BCUT2D eigenvalue weighted by Crippen LogP contribution is 2.45. The molecule has 0 aliphatic carbocycles. The number of nitrogens with zero attached hydrogens (tertiary/aromatic N) is 2.